The maximum absolute atomic E-state index is 12.0. The molecule has 2 rings (SSSR count). The first kappa shape index (κ1) is 18.1. The van der Waals surface area contributed by atoms with Gasteiger partial charge in [-0.25, -0.2) is 0 Å². The lowest BCUT2D eigenvalue weighted by atomic mass is 10.1. The lowest BCUT2D eigenvalue weighted by Gasteiger charge is -2.19. The Balaban J connectivity index is 1.85. The first-order valence-corrected chi connectivity index (χ1v) is 8.55. The highest BCUT2D eigenvalue weighted by atomic mass is 16.6. The number of oxime groups is 1. The molecular formula is C18H28N4O2. The van der Waals surface area contributed by atoms with Crippen LogP contribution in [-0.2, 0) is 9.63 Å². The summed E-state index contributed by atoms with van der Waals surface area (Å²) in [6.07, 6.45) is 3.14. The first-order valence-electron chi connectivity index (χ1n) is 8.55. The molecule has 1 aliphatic heterocycles. The van der Waals surface area contributed by atoms with Crippen molar-refractivity contribution in [1.29, 1.82) is 0 Å². The molecule has 1 saturated heterocycles. The van der Waals surface area contributed by atoms with E-state index in [1.165, 1.54) is 18.5 Å². The molecule has 0 aliphatic carbocycles. The molecule has 132 valence electrons. The van der Waals surface area contributed by atoms with Gasteiger partial charge in [0.1, 0.15) is 5.84 Å². The van der Waals surface area contributed by atoms with Crippen LogP contribution in [0.4, 0.5) is 11.4 Å². The van der Waals surface area contributed by atoms with E-state index in [9.17, 15) is 4.79 Å². The number of hydrogen-bond donors (Lipinski definition) is 2. The van der Waals surface area contributed by atoms with Crippen molar-refractivity contribution in [2.75, 3.05) is 29.9 Å². The van der Waals surface area contributed by atoms with Crippen molar-refractivity contribution in [1.82, 2.24) is 0 Å². The standard InChI is InChI=1S/C18H28N4O2/c1-13(2)10-17(19)21-24-12-18(23)20-16-7-6-15(11-14(16)3)22-8-4-5-9-22/h6-7,11,13H,4-5,8-10,12H2,1-3H3,(H2,19,21)(H,20,23). The van der Waals surface area contributed by atoms with Crippen LogP contribution < -0.4 is 16.0 Å². The number of anilines is 2. The number of rotatable bonds is 7. The maximum atomic E-state index is 12.0. The van der Waals surface area contributed by atoms with Crippen LogP contribution >= 0.6 is 0 Å². The van der Waals surface area contributed by atoms with E-state index in [1.54, 1.807) is 0 Å². The van der Waals surface area contributed by atoms with Gasteiger partial charge in [0, 0.05) is 30.9 Å². The second-order valence-electron chi connectivity index (χ2n) is 6.70. The highest BCUT2D eigenvalue weighted by molar-refractivity contribution is 5.92. The maximum Gasteiger partial charge on any atom is 0.265 e. The Morgan fingerprint density at radius 3 is 2.71 bits per heavy atom. The number of carbonyl (C=O) groups excluding carboxylic acids is 1. The molecule has 1 fully saturated rings. The normalized spacial score (nSPS) is 15.0. The largest absolute Gasteiger partial charge is 0.384 e. The number of aryl methyl sites for hydroxylation is 1. The molecule has 0 bridgehead atoms. The summed E-state index contributed by atoms with van der Waals surface area (Å²) < 4.78 is 0. The van der Waals surface area contributed by atoms with Crippen molar-refractivity contribution in [3.8, 4) is 0 Å². The Hall–Kier alpha value is -2.24. The summed E-state index contributed by atoms with van der Waals surface area (Å²) >= 11 is 0. The Labute approximate surface area is 144 Å². The zero-order valence-corrected chi connectivity index (χ0v) is 14.8. The van der Waals surface area contributed by atoms with E-state index >= 15 is 0 Å². The van der Waals surface area contributed by atoms with Gasteiger partial charge < -0.3 is 20.8 Å². The van der Waals surface area contributed by atoms with Crippen LogP contribution in [0.25, 0.3) is 0 Å². The third kappa shape index (κ3) is 5.44. The Kier molecular flexibility index (Phi) is 6.46. The number of amides is 1. The topological polar surface area (TPSA) is 80.0 Å². The van der Waals surface area contributed by atoms with Crippen molar-refractivity contribution in [3.63, 3.8) is 0 Å². The van der Waals surface area contributed by atoms with Crippen molar-refractivity contribution in [2.24, 2.45) is 16.8 Å². The van der Waals surface area contributed by atoms with Gasteiger partial charge in [-0.3, -0.25) is 4.79 Å². The fourth-order valence-electron chi connectivity index (χ4n) is 2.78. The number of amidine groups is 1. The van der Waals surface area contributed by atoms with Gasteiger partial charge >= 0.3 is 0 Å². The van der Waals surface area contributed by atoms with Gasteiger partial charge in [0.05, 0.1) is 0 Å². The SMILES string of the molecule is Cc1cc(N2CCCC2)ccc1NC(=O)CON=C(N)CC(C)C. The van der Waals surface area contributed by atoms with Gasteiger partial charge in [-0.05, 0) is 49.4 Å². The minimum atomic E-state index is -0.242. The minimum Gasteiger partial charge on any atom is -0.384 e. The number of carbonyl (C=O) groups is 1. The number of nitrogens with one attached hydrogen (secondary N) is 1. The van der Waals surface area contributed by atoms with Crippen LogP contribution in [0, 0.1) is 12.8 Å². The minimum absolute atomic E-state index is 0.147. The zero-order valence-electron chi connectivity index (χ0n) is 14.8. The van der Waals surface area contributed by atoms with Gasteiger partial charge in [0.2, 0.25) is 0 Å². The van der Waals surface area contributed by atoms with Crippen molar-refractivity contribution >= 4 is 23.1 Å². The molecule has 0 aromatic heterocycles. The van der Waals surface area contributed by atoms with Crippen molar-refractivity contribution in [3.05, 3.63) is 23.8 Å². The summed E-state index contributed by atoms with van der Waals surface area (Å²) in [5.74, 6) is 0.569. The fraction of sp³-hybridized carbons (Fsp3) is 0.556. The second-order valence-corrected chi connectivity index (χ2v) is 6.70. The average Bonchev–Trinajstić information content (AvgIpc) is 3.02. The average molecular weight is 332 g/mol. The summed E-state index contributed by atoms with van der Waals surface area (Å²) in [5.41, 5.74) is 8.75. The van der Waals surface area contributed by atoms with E-state index in [1.807, 2.05) is 32.9 Å². The molecule has 1 aromatic rings. The van der Waals surface area contributed by atoms with Crippen LogP contribution in [0.1, 0.15) is 38.7 Å². The lowest BCUT2D eigenvalue weighted by Crippen LogP contribution is -2.20. The molecule has 6 nitrogen and oxygen atoms in total. The van der Waals surface area contributed by atoms with E-state index in [0.717, 1.165) is 24.3 Å². The molecule has 24 heavy (non-hydrogen) atoms. The van der Waals surface area contributed by atoms with E-state index in [0.29, 0.717) is 18.2 Å². The quantitative estimate of drug-likeness (QED) is 0.457. The van der Waals surface area contributed by atoms with Crippen LogP contribution in [-0.4, -0.2) is 31.4 Å². The molecule has 1 amide bonds. The van der Waals surface area contributed by atoms with Crippen LogP contribution in [0.2, 0.25) is 0 Å². The second kappa shape index (κ2) is 8.57. The van der Waals surface area contributed by atoms with Crippen molar-refractivity contribution in [2.45, 2.75) is 40.0 Å². The predicted molar refractivity (Wildman–Crippen MR) is 98.3 cm³/mol. The smallest absolute Gasteiger partial charge is 0.265 e. The Morgan fingerprint density at radius 1 is 1.38 bits per heavy atom. The predicted octanol–water partition coefficient (Wildman–Crippen LogP) is 2.87. The summed E-state index contributed by atoms with van der Waals surface area (Å²) in [6, 6.07) is 6.10. The number of benzene rings is 1. The van der Waals surface area contributed by atoms with E-state index in [4.69, 9.17) is 10.6 Å². The van der Waals surface area contributed by atoms with Crippen LogP contribution in [0.15, 0.2) is 23.4 Å². The molecule has 0 saturated carbocycles. The molecule has 1 heterocycles. The Morgan fingerprint density at radius 2 is 2.08 bits per heavy atom. The van der Waals surface area contributed by atoms with E-state index in [2.05, 4.69) is 21.4 Å². The van der Waals surface area contributed by atoms with Gasteiger partial charge in [0.15, 0.2) is 6.61 Å². The van der Waals surface area contributed by atoms with Crippen LogP contribution in [0.5, 0.6) is 0 Å². The number of nitrogens with two attached hydrogens (primary N) is 1. The monoisotopic (exact) mass is 332 g/mol. The molecule has 0 unspecified atom stereocenters. The summed E-state index contributed by atoms with van der Waals surface area (Å²) in [6.45, 7) is 8.15. The lowest BCUT2D eigenvalue weighted by molar-refractivity contribution is -0.120. The summed E-state index contributed by atoms with van der Waals surface area (Å²) in [4.78, 5) is 19.3. The number of nitrogens with zero attached hydrogens (tertiary/aromatic N) is 2. The zero-order chi connectivity index (χ0) is 17.5. The molecule has 3 N–H and O–H groups in total. The molecule has 1 aromatic carbocycles. The fourth-order valence-corrected chi connectivity index (χ4v) is 2.78. The van der Waals surface area contributed by atoms with Gasteiger partial charge in [-0.1, -0.05) is 19.0 Å². The molecule has 0 spiro atoms. The first-order chi connectivity index (χ1) is 11.5. The highest BCUT2D eigenvalue weighted by Gasteiger charge is 2.13. The van der Waals surface area contributed by atoms with Crippen LogP contribution in [0.3, 0.4) is 0 Å². The van der Waals surface area contributed by atoms with Gasteiger partial charge in [0.25, 0.3) is 5.91 Å². The number of hydrogen-bond acceptors (Lipinski definition) is 4. The molecular weight excluding hydrogens is 304 g/mol. The molecule has 1 aliphatic rings. The van der Waals surface area contributed by atoms with E-state index < -0.39 is 0 Å². The summed E-state index contributed by atoms with van der Waals surface area (Å²) in [5, 5.41) is 6.61. The summed E-state index contributed by atoms with van der Waals surface area (Å²) in [7, 11) is 0. The van der Waals surface area contributed by atoms with Gasteiger partial charge in [-0.2, -0.15) is 0 Å². The molecule has 0 radical (unpaired) electrons. The molecule has 0 atom stereocenters. The van der Waals surface area contributed by atoms with Gasteiger partial charge in [-0.15, -0.1) is 0 Å². The third-order valence-corrected chi connectivity index (χ3v) is 3.95. The Bertz CT molecular complexity index is 593. The molecule has 6 heteroatoms. The van der Waals surface area contributed by atoms with Crippen molar-refractivity contribution < 1.29 is 9.63 Å². The highest BCUT2D eigenvalue weighted by Crippen LogP contribution is 2.25. The van der Waals surface area contributed by atoms with E-state index in [-0.39, 0.29) is 12.5 Å². The third-order valence-electron chi connectivity index (χ3n) is 3.95.